The molecule has 0 unspecified atom stereocenters. The van der Waals surface area contributed by atoms with Crippen LogP contribution in [0.3, 0.4) is 0 Å². The lowest BCUT2D eigenvalue weighted by atomic mass is 11.4. The summed E-state index contributed by atoms with van der Waals surface area (Å²) in [5.41, 5.74) is 0. The van der Waals surface area contributed by atoms with Crippen LogP contribution in [0.4, 0.5) is 4.79 Å². The SMILES string of the molecule is O=C1O[Si](=O)O1. The molecule has 0 aromatic heterocycles. The third-order valence-electron chi connectivity index (χ3n) is 0.333. The molecular formula is CO4Si. The molecule has 1 rings (SSSR count). The molecule has 0 bridgehead atoms. The Balaban J connectivity index is 2.47. The minimum absolute atomic E-state index is 0.834. The molecule has 0 aromatic rings. The maximum absolute atomic E-state index is 9.63. The molecule has 5 heteroatoms. The number of rotatable bonds is 0. The normalized spacial score (nSPS) is 18.0. The Morgan fingerprint density at radius 3 is 2.00 bits per heavy atom. The highest BCUT2D eigenvalue weighted by Crippen LogP contribution is 1.95. The molecule has 0 N–H and O–H groups in total. The van der Waals surface area contributed by atoms with E-state index >= 15 is 0 Å². The molecule has 0 atom stereocenters. The van der Waals surface area contributed by atoms with Crippen molar-refractivity contribution < 1.29 is 18.1 Å². The van der Waals surface area contributed by atoms with Crippen LogP contribution >= 0.6 is 0 Å². The molecule has 32 valence electrons. The van der Waals surface area contributed by atoms with E-state index < -0.39 is 15.3 Å². The molecule has 0 radical (unpaired) electrons. The van der Waals surface area contributed by atoms with Crippen LogP contribution in [-0.4, -0.2) is 15.3 Å². The molecule has 1 aliphatic rings. The first-order valence-electron chi connectivity index (χ1n) is 1.22. The van der Waals surface area contributed by atoms with Gasteiger partial charge in [-0.3, -0.25) is 4.46 Å². The van der Waals surface area contributed by atoms with Gasteiger partial charge in [0, 0.05) is 0 Å². The zero-order valence-corrected chi connectivity index (χ0v) is 3.63. The van der Waals surface area contributed by atoms with Crippen molar-refractivity contribution >= 4 is 15.3 Å². The fourth-order valence-corrected chi connectivity index (χ4v) is 0.431. The first-order valence-corrected chi connectivity index (χ1v) is 2.45. The second kappa shape index (κ2) is 0.872. The van der Waals surface area contributed by atoms with E-state index in [9.17, 15) is 9.26 Å². The van der Waals surface area contributed by atoms with Gasteiger partial charge in [0.25, 0.3) is 0 Å². The van der Waals surface area contributed by atoms with E-state index in [2.05, 4.69) is 8.85 Å². The summed E-state index contributed by atoms with van der Waals surface area (Å²) in [7, 11) is -2.34. The van der Waals surface area contributed by atoms with E-state index in [4.69, 9.17) is 0 Å². The largest absolute Gasteiger partial charge is 0.787 e. The van der Waals surface area contributed by atoms with Crippen LogP contribution in [0.15, 0.2) is 0 Å². The molecule has 6 heavy (non-hydrogen) atoms. The molecule has 0 amide bonds. The van der Waals surface area contributed by atoms with Gasteiger partial charge in [-0.2, -0.15) is 0 Å². The summed E-state index contributed by atoms with van der Waals surface area (Å²) in [5.74, 6) is 0. The summed E-state index contributed by atoms with van der Waals surface area (Å²) in [6, 6.07) is 0. The van der Waals surface area contributed by atoms with Gasteiger partial charge in [-0.25, -0.2) is 4.79 Å². The molecule has 0 saturated carbocycles. The quantitative estimate of drug-likeness (QED) is 0.391. The van der Waals surface area contributed by atoms with Crippen LogP contribution in [0.5, 0.6) is 0 Å². The molecule has 0 aromatic carbocycles. The van der Waals surface area contributed by atoms with E-state index in [1.54, 1.807) is 0 Å². The van der Waals surface area contributed by atoms with Gasteiger partial charge in [0.05, 0.1) is 0 Å². The Kier molecular flexibility index (Phi) is 0.505. The van der Waals surface area contributed by atoms with Crippen molar-refractivity contribution in [1.82, 2.24) is 0 Å². The minimum atomic E-state index is -2.34. The van der Waals surface area contributed by atoms with Crippen molar-refractivity contribution in [3.8, 4) is 0 Å². The van der Waals surface area contributed by atoms with Crippen LogP contribution in [0.1, 0.15) is 0 Å². The van der Waals surface area contributed by atoms with E-state index in [1.807, 2.05) is 0 Å². The van der Waals surface area contributed by atoms with Crippen molar-refractivity contribution in [2.75, 3.05) is 0 Å². The second-order valence-corrected chi connectivity index (χ2v) is 1.61. The summed E-state index contributed by atoms with van der Waals surface area (Å²) in [6.45, 7) is 0. The maximum Gasteiger partial charge on any atom is 0.787 e. The predicted octanol–water partition coefficient (Wildman–Crippen LogP) is -0.431. The standard InChI is InChI=1S/CO4Si/c2-1-4-6(3)5-1. The van der Waals surface area contributed by atoms with Crippen molar-refractivity contribution in [2.45, 2.75) is 0 Å². The zero-order valence-electron chi connectivity index (χ0n) is 2.63. The van der Waals surface area contributed by atoms with Gasteiger partial charge >= 0.3 is 15.3 Å². The lowest BCUT2D eigenvalue weighted by Crippen LogP contribution is -2.31. The van der Waals surface area contributed by atoms with Crippen LogP contribution in [0.2, 0.25) is 0 Å². The summed E-state index contributed by atoms with van der Waals surface area (Å²) in [4.78, 5) is 9.49. The summed E-state index contributed by atoms with van der Waals surface area (Å²) >= 11 is 0. The number of carbonyl (C=O) groups is 1. The van der Waals surface area contributed by atoms with Crippen LogP contribution in [0.25, 0.3) is 0 Å². The van der Waals surface area contributed by atoms with E-state index in [0.717, 1.165) is 0 Å². The molecular weight excluding hydrogens is 104 g/mol. The Labute approximate surface area is 34.6 Å². The highest BCUT2D eigenvalue weighted by Gasteiger charge is 2.32. The van der Waals surface area contributed by atoms with E-state index in [-0.39, 0.29) is 0 Å². The second-order valence-electron chi connectivity index (χ2n) is 0.704. The first-order chi connectivity index (χ1) is 2.79. The molecule has 1 aliphatic heterocycles. The number of hydrogen-bond donors (Lipinski definition) is 0. The summed E-state index contributed by atoms with van der Waals surface area (Å²) < 4.78 is 17.3. The molecule has 4 nitrogen and oxygen atoms in total. The zero-order chi connectivity index (χ0) is 4.57. The van der Waals surface area contributed by atoms with Crippen LogP contribution in [0, 0.1) is 0 Å². The first kappa shape index (κ1) is 3.48. The van der Waals surface area contributed by atoms with Gasteiger partial charge in [-0.05, 0) is 0 Å². The highest BCUT2D eigenvalue weighted by molar-refractivity contribution is 6.38. The van der Waals surface area contributed by atoms with Gasteiger partial charge < -0.3 is 8.85 Å². The van der Waals surface area contributed by atoms with Crippen LogP contribution in [-0.2, 0) is 13.3 Å². The third kappa shape index (κ3) is 0.324. The number of hydrogen-bond acceptors (Lipinski definition) is 4. The smallest absolute Gasteiger partial charge is 0.397 e. The molecule has 0 spiro atoms. The van der Waals surface area contributed by atoms with E-state index in [0.29, 0.717) is 0 Å². The average molecular weight is 104 g/mol. The Hall–Kier alpha value is -0.713. The van der Waals surface area contributed by atoms with Crippen molar-refractivity contribution in [2.24, 2.45) is 0 Å². The lowest BCUT2D eigenvalue weighted by Gasteiger charge is -2.05. The molecule has 1 saturated heterocycles. The van der Waals surface area contributed by atoms with Gasteiger partial charge in [0.2, 0.25) is 0 Å². The third-order valence-corrected chi connectivity index (χ3v) is 1.00. The fourth-order valence-electron chi connectivity index (χ4n) is 0.144. The molecule has 1 fully saturated rings. The Morgan fingerprint density at radius 2 is 2.00 bits per heavy atom. The minimum Gasteiger partial charge on any atom is -0.397 e. The fraction of sp³-hybridized carbons (Fsp3) is 0. The summed E-state index contributed by atoms with van der Waals surface area (Å²) in [6.07, 6.45) is -0.834. The average Bonchev–Trinajstić information content (AvgIpc) is 1.33. The van der Waals surface area contributed by atoms with Gasteiger partial charge in [0.15, 0.2) is 0 Å². The van der Waals surface area contributed by atoms with Crippen molar-refractivity contribution in [1.29, 1.82) is 0 Å². The molecule has 0 aliphatic carbocycles. The van der Waals surface area contributed by atoms with Crippen LogP contribution < -0.4 is 0 Å². The van der Waals surface area contributed by atoms with Crippen molar-refractivity contribution in [3.05, 3.63) is 0 Å². The number of carbonyl (C=O) groups excluding carboxylic acids is 1. The maximum atomic E-state index is 9.63. The van der Waals surface area contributed by atoms with E-state index in [1.165, 1.54) is 0 Å². The van der Waals surface area contributed by atoms with Crippen molar-refractivity contribution in [3.63, 3.8) is 0 Å². The highest BCUT2D eigenvalue weighted by atomic mass is 28.3. The Morgan fingerprint density at radius 1 is 1.50 bits per heavy atom. The topological polar surface area (TPSA) is 52.6 Å². The Bertz CT molecular complexity index is 84.1. The lowest BCUT2D eigenvalue weighted by molar-refractivity contribution is 0.0769. The van der Waals surface area contributed by atoms with Gasteiger partial charge in [0.1, 0.15) is 0 Å². The van der Waals surface area contributed by atoms with Gasteiger partial charge in [-0.1, -0.05) is 0 Å². The summed E-state index contributed by atoms with van der Waals surface area (Å²) in [5, 5.41) is 0. The molecule has 1 heterocycles. The predicted molar refractivity (Wildman–Crippen MR) is 14.0 cm³/mol. The monoisotopic (exact) mass is 104 g/mol. The van der Waals surface area contributed by atoms with Gasteiger partial charge in [-0.15, -0.1) is 0 Å².